The van der Waals surface area contributed by atoms with E-state index in [-0.39, 0.29) is 11.1 Å². The van der Waals surface area contributed by atoms with Crippen LogP contribution >= 0.6 is 0 Å². The van der Waals surface area contributed by atoms with Gasteiger partial charge in [-0.1, -0.05) is 45.0 Å². The normalized spacial score (nSPS) is 29.6. The summed E-state index contributed by atoms with van der Waals surface area (Å²) in [6.07, 6.45) is 0.893. The van der Waals surface area contributed by atoms with Gasteiger partial charge in [0.15, 0.2) is 14.4 Å². The van der Waals surface area contributed by atoms with Gasteiger partial charge in [0.25, 0.3) is 0 Å². The molecule has 0 bridgehead atoms. The first-order valence-electron chi connectivity index (χ1n) is 6.89. The zero-order chi connectivity index (χ0) is 13.9. The molecule has 2 aliphatic rings. The lowest BCUT2D eigenvalue weighted by molar-refractivity contribution is -0.564. The maximum Gasteiger partial charge on any atom is 0.249 e. The number of rotatable bonds is 2. The van der Waals surface area contributed by atoms with Gasteiger partial charge in [-0.25, -0.2) is 4.89 Å². The van der Waals surface area contributed by atoms with Gasteiger partial charge in [-0.3, -0.25) is 0 Å². The largest absolute Gasteiger partial charge is 0.382 e. The second-order valence-corrected chi connectivity index (χ2v) is 11.8. The highest BCUT2D eigenvalue weighted by Gasteiger charge is 2.62. The first-order valence-corrected chi connectivity index (χ1v) is 9.80. The lowest BCUT2D eigenvalue weighted by Gasteiger charge is -2.49. The molecule has 1 aromatic rings. The molecule has 0 saturated carbocycles. The Morgan fingerprint density at radius 2 is 1.95 bits per heavy atom. The topological polar surface area (TPSA) is 27.7 Å². The third-order valence-electron chi connectivity index (χ3n) is 4.72. The number of hydrogen-bond acceptors (Lipinski definition) is 3. The zero-order valence-corrected chi connectivity index (χ0v) is 13.3. The Hall–Kier alpha value is -0.683. The Kier molecular flexibility index (Phi) is 2.74. The van der Waals surface area contributed by atoms with Crippen LogP contribution in [0.15, 0.2) is 24.3 Å². The van der Waals surface area contributed by atoms with Crippen LogP contribution in [-0.4, -0.2) is 14.4 Å². The van der Waals surface area contributed by atoms with Crippen molar-refractivity contribution in [3.8, 4) is 0 Å². The summed E-state index contributed by atoms with van der Waals surface area (Å²) in [5, 5.41) is 0.156. The molecule has 4 heteroatoms. The SMILES string of the molecule is CC(C)(C)[Si](C)(C)O[C@]12OOC1Cc1ccccc12. The molecule has 0 N–H and O–H groups in total. The molecule has 1 unspecified atom stereocenters. The minimum absolute atomic E-state index is 0.0130. The minimum atomic E-state index is -1.91. The van der Waals surface area contributed by atoms with Crippen LogP contribution in [0.1, 0.15) is 31.9 Å². The molecule has 0 amide bonds. The molecule has 0 aromatic heterocycles. The predicted molar refractivity (Wildman–Crippen MR) is 76.1 cm³/mol. The average Bonchev–Trinajstić information content (AvgIpc) is 2.49. The van der Waals surface area contributed by atoms with E-state index in [4.69, 9.17) is 14.2 Å². The van der Waals surface area contributed by atoms with Crippen molar-refractivity contribution in [2.24, 2.45) is 0 Å². The van der Waals surface area contributed by atoms with E-state index in [0.717, 1.165) is 12.0 Å². The predicted octanol–water partition coefficient (Wildman–Crippen LogP) is 3.75. The van der Waals surface area contributed by atoms with Crippen LogP contribution in [0.5, 0.6) is 0 Å². The highest BCUT2D eigenvalue weighted by molar-refractivity contribution is 6.74. The molecule has 0 spiro atoms. The number of benzene rings is 1. The molecule has 1 aromatic carbocycles. The fourth-order valence-electron chi connectivity index (χ4n) is 2.50. The Labute approximate surface area is 115 Å². The van der Waals surface area contributed by atoms with E-state index in [9.17, 15) is 0 Å². The van der Waals surface area contributed by atoms with Crippen molar-refractivity contribution in [2.75, 3.05) is 0 Å². The Balaban J connectivity index is 1.97. The third kappa shape index (κ3) is 1.81. The maximum atomic E-state index is 6.57. The smallest absolute Gasteiger partial charge is 0.249 e. The van der Waals surface area contributed by atoms with E-state index >= 15 is 0 Å². The summed E-state index contributed by atoms with van der Waals surface area (Å²) in [5.74, 6) is -0.653. The van der Waals surface area contributed by atoms with Crippen LogP contribution in [-0.2, 0) is 26.4 Å². The van der Waals surface area contributed by atoms with Gasteiger partial charge >= 0.3 is 0 Å². The highest BCUT2D eigenvalue weighted by Crippen LogP contribution is 2.53. The van der Waals surface area contributed by atoms with Crippen LogP contribution in [0.4, 0.5) is 0 Å². The van der Waals surface area contributed by atoms with Crippen LogP contribution in [0.3, 0.4) is 0 Å². The average molecular weight is 278 g/mol. The summed E-state index contributed by atoms with van der Waals surface area (Å²) in [6, 6.07) is 8.34. The van der Waals surface area contributed by atoms with Gasteiger partial charge in [0, 0.05) is 12.0 Å². The quantitative estimate of drug-likeness (QED) is 0.609. The molecular formula is C15H22O3Si. The van der Waals surface area contributed by atoms with E-state index in [2.05, 4.69) is 52.1 Å². The minimum Gasteiger partial charge on any atom is -0.382 e. The number of fused-ring (bicyclic) bond motifs is 3. The van der Waals surface area contributed by atoms with Crippen LogP contribution in [0.25, 0.3) is 0 Å². The monoisotopic (exact) mass is 278 g/mol. The van der Waals surface area contributed by atoms with E-state index in [1.54, 1.807) is 0 Å². The standard InChI is InChI=1S/C15H22O3Si/c1-14(2,3)19(4,5)18-15-12-9-7-6-8-11(12)10-13(15)16-17-15/h6-9,13H,10H2,1-5H3/t13?,15-/m0/s1. The maximum absolute atomic E-state index is 6.57. The second kappa shape index (κ2) is 3.91. The fourth-order valence-corrected chi connectivity index (χ4v) is 3.84. The molecule has 1 aliphatic carbocycles. The van der Waals surface area contributed by atoms with Gasteiger partial charge in [-0.05, 0) is 23.7 Å². The van der Waals surface area contributed by atoms with Gasteiger partial charge in [0.1, 0.15) is 0 Å². The summed E-state index contributed by atoms with van der Waals surface area (Å²) in [6.45, 7) is 11.2. The summed E-state index contributed by atoms with van der Waals surface area (Å²) >= 11 is 0. The molecule has 19 heavy (non-hydrogen) atoms. The molecule has 3 rings (SSSR count). The van der Waals surface area contributed by atoms with Gasteiger partial charge in [-0.15, -0.1) is 0 Å². The second-order valence-electron chi connectivity index (χ2n) is 7.06. The summed E-state index contributed by atoms with van der Waals surface area (Å²) in [7, 11) is -1.91. The van der Waals surface area contributed by atoms with Crippen molar-refractivity contribution in [3.05, 3.63) is 35.4 Å². The zero-order valence-electron chi connectivity index (χ0n) is 12.3. The molecular weight excluding hydrogens is 256 g/mol. The van der Waals surface area contributed by atoms with E-state index < -0.39 is 14.1 Å². The van der Waals surface area contributed by atoms with E-state index in [0.29, 0.717) is 0 Å². The van der Waals surface area contributed by atoms with Crippen molar-refractivity contribution < 1.29 is 14.2 Å². The Morgan fingerprint density at radius 1 is 1.26 bits per heavy atom. The van der Waals surface area contributed by atoms with Gasteiger partial charge in [0.05, 0.1) is 0 Å². The highest BCUT2D eigenvalue weighted by atomic mass is 28.4. The lowest BCUT2D eigenvalue weighted by atomic mass is 10.1. The number of hydrogen-bond donors (Lipinski definition) is 0. The van der Waals surface area contributed by atoms with Gasteiger partial charge in [-0.2, -0.15) is 4.89 Å². The van der Waals surface area contributed by atoms with Crippen LogP contribution in [0, 0.1) is 0 Å². The van der Waals surface area contributed by atoms with Crippen molar-refractivity contribution in [1.82, 2.24) is 0 Å². The summed E-state index contributed by atoms with van der Waals surface area (Å²) in [5.41, 5.74) is 2.43. The van der Waals surface area contributed by atoms with Gasteiger partial charge < -0.3 is 4.43 Å². The fraction of sp³-hybridized carbons (Fsp3) is 0.600. The molecule has 104 valence electrons. The van der Waals surface area contributed by atoms with Crippen LogP contribution in [0.2, 0.25) is 18.1 Å². The molecule has 1 aliphatic heterocycles. The van der Waals surface area contributed by atoms with E-state index in [1.165, 1.54) is 5.56 Å². The van der Waals surface area contributed by atoms with Gasteiger partial charge in [0.2, 0.25) is 5.79 Å². The molecule has 0 radical (unpaired) electrons. The molecule has 3 nitrogen and oxygen atoms in total. The Bertz CT molecular complexity index is 506. The summed E-state index contributed by atoms with van der Waals surface area (Å²) < 4.78 is 6.57. The lowest BCUT2D eigenvalue weighted by Crippen LogP contribution is -2.59. The van der Waals surface area contributed by atoms with Crippen molar-refractivity contribution in [3.63, 3.8) is 0 Å². The molecule has 1 saturated heterocycles. The van der Waals surface area contributed by atoms with Crippen LogP contribution < -0.4 is 0 Å². The first-order chi connectivity index (χ1) is 8.76. The molecule has 2 atom stereocenters. The van der Waals surface area contributed by atoms with Crippen molar-refractivity contribution in [2.45, 2.75) is 57.2 Å². The van der Waals surface area contributed by atoms with E-state index in [1.807, 2.05) is 6.07 Å². The molecule has 1 fully saturated rings. The van der Waals surface area contributed by atoms with Crippen molar-refractivity contribution in [1.29, 1.82) is 0 Å². The van der Waals surface area contributed by atoms with Crippen molar-refractivity contribution >= 4 is 8.32 Å². The first kappa shape index (κ1) is 13.3. The molecule has 1 heterocycles. The summed E-state index contributed by atoms with van der Waals surface area (Å²) in [4.78, 5) is 10.8. The Morgan fingerprint density at radius 3 is 2.53 bits per heavy atom. The third-order valence-corrected chi connectivity index (χ3v) is 9.15.